The molecular formula is C15H25N3O. The lowest BCUT2D eigenvalue weighted by molar-refractivity contribution is -0.126. The highest BCUT2D eigenvalue weighted by Crippen LogP contribution is 2.51. The largest absolute Gasteiger partial charge is 0.342 e. The summed E-state index contributed by atoms with van der Waals surface area (Å²) in [5.41, 5.74) is 0.219. The maximum absolute atomic E-state index is 12.3. The third-order valence-corrected chi connectivity index (χ3v) is 5.35. The van der Waals surface area contributed by atoms with E-state index in [4.69, 9.17) is 0 Å². The van der Waals surface area contributed by atoms with E-state index in [-0.39, 0.29) is 11.4 Å². The molecule has 2 spiro atoms. The first-order chi connectivity index (χ1) is 9.18. The quantitative estimate of drug-likeness (QED) is 0.803. The smallest absolute Gasteiger partial charge is 0.252 e. The first-order valence-corrected chi connectivity index (χ1v) is 7.82. The zero-order chi connectivity index (χ0) is 13.3. The molecule has 1 amide bonds. The van der Waals surface area contributed by atoms with Crippen molar-refractivity contribution >= 4 is 11.9 Å². The van der Waals surface area contributed by atoms with E-state index >= 15 is 0 Å². The van der Waals surface area contributed by atoms with Crippen LogP contribution in [0.15, 0.2) is 4.99 Å². The SMILES string of the molecule is CCCN=C1NC(=O)C2(CCC3(CCCC3)CC2)N1. The van der Waals surface area contributed by atoms with Crippen molar-refractivity contribution in [2.45, 2.75) is 70.3 Å². The van der Waals surface area contributed by atoms with Gasteiger partial charge in [-0.3, -0.25) is 15.1 Å². The molecule has 2 saturated carbocycles. The van der Waals surface area contributed by atoms with Crippen molar-refractivity contribution in [3.63, 3.8) is 0 Å². The van der Waals surface area contributed by atoms with Crippen LogP contribution in [0.3, 0.4) is 0 Å². The van der Waals surface area contributed by atoms with E-state index in [2.05, 4.69) is 22.5 Å². The van der Waals surface area contributed by atoms with Crippen LogP contribution in [0.25, 0.3) is 0 Å². The zero-order valence-corrected chi connectivity index (χ0v) is 11.9. The first kappa shape index (κ1) is 12.9. The van der Waals surface area contributed by atoms with Crippen LogP contribution in [-0.2, 0) is 4.79 Å². The summed E-state index contributed by atoms with van der Waals surface area (Å²) >= 11 is 0. The van der Waals surface area contributed by atoms with Crippen molar-refractivity contribution in [3.05, 3.63) is 0 Å². The van der Waals surface area contributed by atoms with Crippen LogP contribution in [0, 0.1) is 5.41 Å². The van der Waals surface area contributed by atoms with E-state index in [9.17, 15) is 4.79 Å². The Balaban J connectivity index is 1.67. The molecule has 0 unspecified atom stereocenters. The molecule has 3 fully saturated rings. The van der Waals surface area contributed by atoms with Crippen molar-refractivity contribution < 1.29 is 4.79 Å². The van der Waals surface area contributed by atoms with Crippen LogP contribution < -0.4 is 10.6 Å². The maximum Gasteiger partial charge on any atom is 0.252 e. The van der Waals surface area contributed by atoms with Crippen molar-refractivity contribution in [1.29, 1.82) is 0 Å². The number of rotatable bonds is 2. The number of guanidine groups is 1. The fourth-order valence-corrected chi connectivity index (χ4v) is 4.03. The highest BCUT2D eigenvalue weighted by Gasteiger charge is 2.51. The van der Waals surface area contributed by atoms with Gasteiger partial charge in [-0.1, -0.05) is 19.8 Å². The van der Waals surface area contributed by atoms with Gasteiger partial charge in [-0.15, -0.1) is 0 Å². The second-order valence-corrected chi connectivity index (χ2v) is 6.60. The molecule has 2 N–H and O–H groups in total. The summed E-state index contributed by atoms with van der Waals surface area (Å²) in [5.74, 6) is 0.851. The van der Waals surface area contributed by atoms with E-state index in [1.807, 2.05) is 0 Å². The third kappa shape index (κ3) is 2.26. The van der Waals surface area contributed by atoms with Gasteiger partial charge in [0, 0.05) is 6.54 Å². The van der Waals surface area contributed by atoms with Crippen molar-refractivity contribution in [2.24, 2.45) is 10.4 Å². The van der Waals surface area contributed by atoms with Crippen LogP contribution in [-0.4, -0.2) is 24.0 Å². The average Bonchev–Trinajstić information content (AvgIpc) is 2.98. The molecule has 4 heteroatoms. The number of hydrogen-bond donors (Lipinski definition) is 2. The van der Waals surface area contributed by atoms with E-state index in [0.29, 0.717) is 11.4 Å². The van der Waals surface area contributed by atoms with Gasteiger partial charge in [-0.2, -0.15) is 0 Å². The topological polar surface area (TPSA) is 53.5 Å². The Hall–Kier alpha value is -1.06. The van der Waals surface area contributed by atoms with E-state index in [1.54, 1.807) is 0 Å². The molecule has 1 aliphatic heterocycles. The number of nitrogens with one attached hydrogen (secondary N) is 2. The first-order valence-electron chi connectivity index (χ1n) is 7.82. The van der Waals surface area contributed by atoms with Crippen LogP contribution >= 0.6 is 0 Å². The molecule has 0 aromatic rings. The molecule has 3 aliphatic rings. The van der Waals surface area contributed by atoms with Crippen molar-refractivity contribution in [2.75, 3.05) is 6.54 Å². The van der Waals surface area contributed by atoms with Gasteiger partial charge in [0.05, 0.1) is 0 Å². The second kappa shape index (κ2) is 4.80. The van der Waals surface area contributed by atoms with Crippen LogP contribution in [0.2, 0.25) is 0 Å². The molecule has 0 aromatic carbocycles. The Morgan fingerprint density at radius 2 is 1.79 bits per heavy atom. The fraction of sp³-hybridized carbons (Fsp3) is 0.867. The Morgan fingerprint density at radius 3 is 2.42 bits per heavy atom. The van der Waals surface area contributed by atoms with Gasteiger partial charge >= 0.3 is 0 Å². The minimum absolute atomic E-state index is 0.148. The van der Waals surface area contributed by atoms with Crippen LogP contribution in [0.4, 0.5) is 0 Å². The van der Waals surface area contributed by atoms with Crippen LogP contribution in [0.5, 0.6) is 0 Å². The predicted molar refractivity (Wildman–Crippen MR) is 76.0 cm³/mol. The normalized spacial score (nSPS) is 29.9. The molecule has 106 valence electrons. The van der Waals surface area contributed by atoms with E-state index in [0.717, 1.165) is 25.8 Å². The molecule has 19 heavy (non-hydrogen) atoms. The summed E-state index contributed by atoms with van der Waals surface area (Å²) in [6.07, 6.45) is 10.9. The minimum atomic E-state index is -0.347. The number of nitrogens with zero attached hydrogens (tertiary/aromatic N) is 1. The molecule has 2 aliphatic carbocycles. The molecule has 1 saturated heterocycles. The summed E-state index contributed by atoms with van der Waals surface area (Å²) in [6.45, 7) is 2.88. The summed E-state index contributed by atoms with van der Waals surface area (Å²) in [6, 6.07) is 0. The monoisotopic (exact) mass is 263 g/mol. The summed E-state index contributed by atoms with van der Waals surface area (Å²) < 4.78 is 0. The van der Waals surface area contributed by atoms with Crippen molar-refractivity contribution in [1.82, 2.24) is 10.6 Å². The number of carbonyl (C=O) groups excluding carboxylic acids is 1. The van der Waals surface area contributed by atoms with E-state index < -0.39 is 0 Å². The molecule has 0 bridgehead atoms. The third-order valence-electron chi connectivity index (χ3n) is 5.35. The minimum Gasteiger partial charge on any atom is -0.342 e. The Kier molecular flexibility index (Phi) is 3.27. The van der Waals surface area contributed by atoms with Gasteiger partial charge < -0.3 is 5.32 Å². The van der Waals surface area contributed by atoms with E-state index in [1.165, 1.54) is 38.5 Å². The number of hydrogen-bond acceptors (Lipinski definition) is 2. The average molecular weight is 263 g/mol. The Morgan fingerprint density at radius 1 is 1.11 bits per heavy atom. The van der Waals surface area contributed by atoms with Gasteiger partial charge in [0.2, 0.25) is 0 Å². The lowest BCUT2D eigenvalue weighted by Crippen LogP contribution is -2.51. The summed E-state index contributed by atoms with van der Waals surface area (Å²) in [4.78, 5) is 16.7. The second-order valence-electron chi connectivity index (χ2n) is 6.60. The van der Waals surface area contributed by atoms with Gasteiger partial charge in [-0.05, 0) is 50.4 Å². The Bertz CT molecular complexity index is 386. The van der Waals surface area contributed by atoms with Crippen molar-refractivity contribution in [3.8, 4) is 0 Å². The lowest BCUT2D eigenvalue weighted by Gasteiger charge is -2.41. The molecule has 0 aromatic heterocycles. The van der Waals surface area contributed by atoms with Gasteiger partial charge in [0.1, 0.15) is 5.54 Å². The van der Waals surface area contributed by atoms with Gasteiger partial charge in [0.15, 0.2) is 5.96 Å². The highest BCUT2D eigenvalue weighted by atomic mass is 16.2. The molecule has 1 heterocycles. The Labute approximate surface area is 115 Å². The van der Waals surface area contributed by atoms with Gasteiger partial charge in [0.25, 0.3) is 5.91 Å². The lowest BCUT2D eigenvalue weighted by atomic mass is 9.66. The summed E-state index contributed by atoms with van der Waals surface area (Å²) in [7, 11) is 0. The number of carbonyl (C=O) groups is 1. The number of amides is 1. The summed E-state index contributed by atoms with van der Waals surface area (Å²) in [5, 5.41) is 6.31. The predicted octanol–water partition coefficient (Wildman–Crippen LogP) is 2.34. The molecule has 0 atom stereocenters. The standard InChI is InChI=1S/C15H25N3O/c1-2-11-16-13-17-12(19)15(18-13)9-7-14(8-10-15)5-3-4-6-14/h2-11H2,1H3,(H2,16,17,18,19). The van der Waals surface area contributed by atoms with Gasteiger partial charge in [-0.25, -0.2) is 0 Å². The number of aliphatic imine (C=N–C) groups is 1. The fourth-order valence-electron chi connectivity index (χ4n) is 4.03. The van der Waals surface area contributed by atoms with Crippen LogP contribution in [0.1, 0.15) is 64.7 Å². The molecule has 0 radical (unpaired) electrons. The maximum atomic E-state index is 12.3. The zero-order valence-electron chi connectivity index (χ0n) is 11.9. The molecule has 4 nitrogen and oxygen atoms in total. The molecular weight excluding hydrogens is 238 g/mol. The highest BCUT2D eigenvalue weighted by molar-refractivity contribution is 6.09. The molecule has 3 rings (SSSR count).